The second-order valence-electron chi connectivity index (χ2n) is 5.88. The van der Waals surface area contributed by atoms with Gasteiger partial charge in [-0.15, -0.1) is 11.3 Å². The van der Waals surface area contributed by atoms with E-state index in [1.807, 2.05) is 11.3 Å². The van der Waals surface area contributed by atoms with E-state index in [0.29, 0.717) is 12.1 Å². The van der Waals surface area contributed by atoms with Crippen molar-refractivity contribution in [1.82, 2.24) is 10.2 Å². The molecule has 0 amide bonds. The SMILES string of the molecule is CC1CCNC(CN(Cc2cccs2)C(C)C)C1. The van der Waals surface area contributed by atoms with Gasteiger partial charge in [0.2, 0.25) is 0 Å². The van der Waals surface area contributed by atoms with Gasteiger partial charge in [-0.1, -0.05) is 13.0 Å². The molecule has 0 radical (unpaired) electrons. The van der Waals surface area contributed by atoms with Gasteiger partial charge < -0.3 is 5.32 Å². The van der Waals surface area contributed by atoms with Crippen LogP contribution in [0.1, 0.15) is 38.5 Å². The van der Waals surface area contributed by atoms with Crippen molar-refractivity contribution in [2.75, 3.05) is 13.1 Å². The van der Waals surface area contributed by atoms with E-state index in [9.17, 15) is 0 Å². The van der Waals surface area contributed by atoms with Crippen LogP contribution in [0.5, 0.6) is 0 Å². The molecule has 0 spiro atoms. The Balaban J connectivity index is 1.89. The van der Waals surface area contributed by atoms with E-state index in [0.717, 1.165) is 12.5 Å². The van der Waals surface area contributed by atoms with Crippen molar-refractivity contribution in [3.05, 3.63) is 22.4 Å². The first-order chi connectivity index (χ1) is 8.65. The molecule has 0 bridgehead atoms. The minimum absolute atomic E-state index is 0.617. The fraction of sp³-hybridized carbons (Fsp3) is 0.733. The summed E-state index contributed by atoms with van der Waals surface area (Å²) in [6.07, 6.45) is 2.66. The standard InChI is InChI=1S/C15H26N2S/c1-12(2)17(11-15-5-4-8-18-15)10-14-9-13(3)6-7-16-14/h4-5,8,12-14,16H,6-7,9-11H2,1-3H3. The molecule has 1 aromatic heterocycles. The average molecular weight is 266 g/mol. The Morgan fingerprint density at radius 3 is 2.94 bits per heavy atom. The van der Waals surface area contributed by atoms with Gasteiger partial charge in [-0.3, -0.25) is 4.90 Å². The van der Waals surface area contributed by atoms with Crippen LogP contribution in [0.2, 0.25) is 0 Å². The fourth-order valence-corrected chi connectivity index (χ4v) is 3.43. The summed E-state index contributed by atoms with van der Waals surface area (Å²) < 4.78 is 0. The third kappa shape index (κ3) is 4.08. The topological polar surface area (TPSA) is 15.3 Å². The highest BCUT2D eigenvalue weighted by Gasteiger charge is 2.22. The molecule has 2 rings (SSSR count). The molecule has 1 saturated heterocycles. The van der Waals surface area contributed by atoms with Crippen LogP contribution < -0.4 is 5.32 Å². The van der Waals surface area contributed by atoms with Gasteiger partial charge in [0.1, 0.15) is 0 Å². The summed E-state index contributed by atoms with van der Waals surface area (Å²) >= 11 is 1.87. The Labute approximate surface area is 115 Å². The molecule has 3 heteroatoms. The summed E-state index contributed by atoms with van der Waals surface area (Å²) in [5.41, 5.74) is 0. The summed E-state index contributed by atoms with van der Waals surface area (Å²) in [6.45, 7) is 10.5. The zero-order chi connectivity index (χ0) is 13.0. The summed E-state index contributed by atoms with van der Waals surface area (Å²) in [6, 6.07) is 5.69. The van der Waals surface area contributed by atoms with Crippen molar-refractivity contribution in [2.24, 2.45) is 5.92 Å². The minimum Gasteiger partial charge on any atom is -0.313 e. The maximum atomic E-state index is 3.68. The van der Waals surface area contributed by atoms with Crippen LogP contribution in [-0.2, 0) is 6.54 Å². The van der Waals surface area contributed by atoms with Gasteiger partial charge in [0.25, 0.3) is 0 Å². The van der Waals surface area contributed by atoms with Gasteiger partial charge in [-0.25, -0.2) is 0 Å². The van der Waals surface area contributed by atoms with Gasteiger partial charge in [-0.2, -0.15) is 0 Å². The Morgan fingerprint density at radius 1 is 1.50 bits per heavy atom. The molecule has 1 aromatic rings. The third-order valence-electron chi connectivity index (χ3n) is 3.88. The zero-order valence-electron chi connectivity index (χ0n) is 11.9. The molecule has 2 nitrogen and oxygen atoms in total. The fourth-order valence-electron chi connectivity index (χ4n) is 2.70. The van der Waals surface area contributed by atoms with Crippen LogP contribution in [0.25, 0.3) is 0 Å². The maximum absolute atomic E-state index is 3.68. The molecule has 1 aliphatic heterocycles. The summed E-state index contributed by atoms with van der Waals surface area (Å²) in [4.78, 5) is 4.08. The van der Waals surface area contributed by atoms with Gasteiger partial charge in [0, 0.05) is 30.1 Å². The Morgan fingerprint density at radius 2 is 2.33 bits per heavy atom. The van der Waals surface area contributed by atoms with Crippen molar-refractivity contribution in [2.45, 2.75) is 52.2 Å². The molecule has 0 aromatic carbocycles. The lowest BCUT2D eigenvalue weighted by molar-refractivity contribution is 0.167. The molecule has 2 atom stereocenters. The number of rotatable bonds is 5. The smallest absolute Gasteiger partial charge is 0.0331 e. The minimum atomic E-state index is 0.617. The number of piperidine rings is 1. The second-order valence-corrected chi connectivity index (χ2v) is 6.92. The van der Waals surface area contributed by atoms with Crippen LogP contribution in [0.4, 0.5) is 0 Å². The lowest BCUT2D eigenvalue weighted by Crippen LogP contribution is -2.47. The summed E-state index contributed by atoms with van der Waals surface area (Å²) in [7, 11) is 0. The number of thiophene rings is 1. The third-order valence-corrected chi connectivity index (χ3v) is 4.74. The molecular formula is C15H26N2S. The van der Waals surface area contributed by atoms with E-state index in [4.69, 9.17) is 0 Å². The van der Waals surface area contributed by atoms with Crippen molar-refractivity contribution in [1.29, 1.82) is 0 Å². The van der Waals surface area contributed by atoms with E-state index in [-0.39, 0.29) is 0 Å². The number of hydrogen-bond acceptors (Lipinski definition) is 3. The predicted octanol–water partition coefficient (Wildman–Crippen LogP) is 3.35. The van der Waals surface area contributed by atoms with E-state index >= 15 is 0 Å². The lowest BCUT2D eigenvalue weighted by Gasteiger charge is -2.34. The van der Waals surface area contributed by atoms with Crippen molar-refractivity contribution in [3.8, 4) is 0 Å². The van der Waals surface area contributed by atoms with Crippen LogP contribution >= 0.6 is 11.3 Å². The molecular weight excluding hydrogens is 240 g/mol. The summed E-state index contributed by atoms with van der Waals surface area (Å²) in [5.74, 6) is 0.881. The molecule has 102 valence electrons. The van der Waals surface area contributed by atoms with Gasteiger partial charge in [0.05, 0.1) is 0 Å². The highest BCUT2D eigenvalue weighted by Crippen LogP contribution is 2.19. The first-order valence-corrected chi connectivity index (χ1v) is 8.03. The summed E-state index contributed by atoms with van der Waals surface area (Å²) in [5, 5.41) is 5.85. The first-order valence-electron chi connectivity index (χ1n) is 7.15. The van der Waals surface area contributed by atoms with E-state index in [1.165, 1.54) is 30.8 Å². The maximum Gasteiger partial charge on any atom is 0.0331 e. The number of nitrogens with zero attached hydrogens (tertiary/aromatic N) is 1. The van der Waals surface area contributed by atoms with Crippen LogP contribution in [-0.4, -0.2) is 30.1 Å². The van der Waals surface area contributed by atoms with E-state index in [1.54, 1.807) is 0 Å². The molecule has 0 saturated carbocycles. The van der Waals surface area contributed by atoms with Gasteiger partial charge in [-0.05, 0) is 50.6 Å². The molecule has 1 aliphatic rings. The Hall–Kier alpha value is -0.380. The van der Waals surface area contributed by atoms with E-state index < -0.39 is 0 Å². The van der Waals surface area contributed by atoms with Crippen molar-refractivity contribution in [3.63, 3.8) is 0 Å². The van der Waals surface area contributed by atoms with Crippen LogP contribution in [0.3, 0.4) is 0 Å². The molecule has 2 unspecified atom stereocenters. The van der Waals surface area contributed by atoms with Crippen molar-refractivity contribution >= 4 is 11.3 Å². The molecule has 1 N–H and O–H groups in total. The highest BCUT2D eigenvalue weighted by molar-refractivity contribution is 7.09. The van der Waals surface area contributed by atoms with Crippen LogP contribution in [0, 0.1) is 5.92 Å². The van der Waals surface area contributed by atoms with Gasteiger partial charge in [0.15, 0.2) is 0 Å². The highest BCUT2D eigenvalue weighted by atomic mass is 32.1. The monoisotopic (exact) mass is 266 g/mol. The van der Waals surface area contributed by atoms with Crippen molar-refractivity contribution < 1.29 is 0 Å². The number of hydrogen-bond donors (Lipinski definition) is 1. The Kier molecular flexibility index (Phi) is 5.22. The predicted molar refractivity (Wildman–Crippen MR) is 80.1 cm³/mol. The molecule has 1 fully saturated rings. The first kappa shape index (κ1) is 14.0. The molecule has 0 aliphatic carbocycles. The Bertz CT molecular complexity index is 334. The second kappa shape index (κ2) is 6.69. The average Bonchev–Trinajstić information content (AvgIpc) is 2.81. The zero-order valence-corrected chi connectivity index (χ0v) is 12.7. The lowest BCUT2D eigenvalue weighted by atomic mass is 9.94. The molecule has 2 heterocycles. The normalized spacial score (nSPS) is 24.9. The number of nitrogens with one attached hydrogen (secondary N) is 1. The largest absolute Gasteiger partial charge is 0.313 e. The quantitative estimate of drug-likeness (QED) is 0.879. The molecule has 18 heavy (non-hydrogen) atoms. The van der Waals surface area contributed by atoms with Crippen LogP contribution in [0.15, 0.2) is 17.5 Å². The van der Waals surface area contributed by atoms with E-state index in [2.05, 4.69) is 48.5 Å². The van der Waals surface area contributed by atoms with Gasteiger partial charge >= 0.3 is 0 Å².